The second kappa shape index (κ2) is 5.79. The predicted octanol–water partition coefficient (Wildman–Crippen LogP) is 2.77. The molecule has 0 amide bonds. The van der Waals surface area contributed by atoms with Gasteiger partial charge in [0.25, 0.3) is 0 Å². The molecule has 112 valence electrons. The van der Waals surface area contributed by atoms with Crippen LogP contribution >= 0.6 is 0 Å². The summed E-state index contributed by atoms with van der Waals surface area (Å²) in [6.07, 6.45) is 2.61. The highest BCUT2D eigenvalue weighted by molar-refractivity contribution is 5.31. The summed E-state index contributed by atoms with van der Waals surface area (Å²) in [7, 11) is 0. The van der Waals surface area contributed by atoms with E-state index in [-0.39, 0.29) is 0 Å². The van der Waals surface area contributed by atoms with Crippen LogP contribution in [0.25, 0.3) is 0 Å². The molecule has 1 unspecified atom stereocenters. The minimum Gasteiger partial charge on any atom is -0.313 e. The van der Waals surface area contributed by atoms with Crippen molar-refractivity contribution in [1.82, 2.24) is 10.2 Å². The maximum Gasteiger partial charge on any atom is 0.0991 e. The number of nitrogens with one attached hydrogen (secondary N) is 1. The molecule has 0 radical (unpaired) electrons. The van der Waals surface area contributed by atoms with Crippen molar-refractivity contribution in [2.75, 3.05) is 19.6 Å². The van der Waals surface area contributed by atoms with Crippen LogP contribution in [0.5, 0.6) is 0 Å². The molecule has 3 nitrogen and oxygen atoms in total. The summed E-state index contributed by atoms with van der Waals surface area (Å²) in [4.78, 5) is 2.55. The number of nitriles is 1. The first-order valence-corrected chi connectivity index (χ1v) is 8.03. The highest BCUT2D eigenvalue weighted by Crippen LogP contribution is 2.37. The molecule has 1 aromatic carbocycles. The number of nitrogens with zero attached hydrogens (tertiary/aromatic N) is 2. The number of piperidine rings is 1. The molecule has 1 N–H and O–H groups in total. The first-order chi connectivity index (χ1) is 10.1. The molecule has 0 spiro atoms. The molecule has 1 atom stereocenters. The average Bonchev–Trinajstić information content (AvgIpc) is 2.49. The summed E-state index contributed by atoms with van der Waals surface area (Å²) in [5, 5.41) is 12.5. The SMILES string of the molecule is CC1(C)CNC1C1CCN(Cc2ccc(C#N)cc2)CC1. The summed E-state index contributed by atoms with van der Waals surface area (Å²) >= 11 is 0. The Kier molecular flexibility index (Phi) is 4.01. The molecular weight excluding hydrogens is 258 g/mol. The standard InChI is InChI=1S/C18H25N3/c1-18(2)13-20-17(18)16-7-9-21(10-8-16)12-15-5-3-14(11-19)4-6-15/h3-6,16-17,20H,7-10,12-13H2,1-2H3. The third-order valence-corrected chi connectivity index (χ3v) is 5.21. The summed E-state index contributed by atoms with van der Waals surface area (Å²) in [6, 6.07) is 10.9. The molecule has 0 aliphatic carbocycles. The van der Waals surface area contributed by atoms with Gasteiger partial charge < -0.3 is 5.32 Å². The Balaban J connectivity index is 1.50. The second-order valence-electron chi connectivity index (χ2n) is 7.27. The van der Waals surface area contributed by atoms with Crippen LogP contribution in [0.3, 0.4) is 0 Å². The van der Waals surface area contributed by atoms with E-state index in [1.54, 1.807) is 0 Å². The van der Waals surface area contributed by atoms with E-state index in [0.29, 0.717) is 5.41 Å². The van der Waals surface area contributed by atoms with Gasteiger partial charge in [-0.2, -0.15) is 5.26 Å². The Morgan fingerprint density at radius 2 is 1.90 bits per heavy atom. The van der Waals surface area contributed by atoms with Crippen LogP contribution in [0.4, 0.5) is 0 Å². The fourth-order valence-corrected chi connectivity index (χ4v) is 3.82. The van der Waals surface area contributed by atoms with Gasteiger partial charge in [-0.1, -0.05) is 26.0 Å². The zero-order valence-corrected chi connectivity index (χ0v) is 13.1. The van der Waals surface area contributed by atoms with Gasteiger partial charge in [0.1, 0.15) is 0 Å². The largest absolute Gasteiger partial charge is 0.313 e. The van der Waals surface area contributed by atoms with E-state index >= 15 is 0 Å². The van der Waals surface area contributed by atoms with Gasteiger partial charge in [0.2, 0.25) is 0 Å². The van der Waals surface area contributed by atoms with E-state index in [1.165, 1.54) is 38.0 Å². The Labute approximate surface area is 128 Å². The molecule has 2 saturated heterocycles. The Morgan fingerprint density at radius 1 is 1.24 bits per heavy atom. The fraction of sp³-hybridized carbons (Fsp3) is 0.611. The molecule has 2 aliphatic rings. The van der Waals surface area contributed by atoms with Crippen LogP contribution in [-0.2, 0) is 6.54 Å². The van der Waals surface area contributed by atoms with Gasteiger partial charge in [-0.15, -0.1) is 0 Å². The van der Waals surface area contributed by atoms with Gasteiger partial charge in [0.15, 0.2) is 0 Å². The van der Waals surface area contributed by atoms with Crippen molar-refractivity contribution in [2.24, 2.45) is 11.3 Å². The highest BCUT2D eigenvalue weighted by atomic mass is 15.1. The number of hydrogen-bond donors (Lipinski definition) is 1. The van der Waals surface area contributed by atoms with Gasteiger partial charge in [-0.3, -0.25) is 4.90 Å². The Morgan fingerprint density at radius 3 is 2.38 bits per heavy atom. The van der Waals surface area contributed by atoms with E-state index in [2.05, 4.69) is 42.3 Å². The summed E-state index contributed by atoms with van der Waals surface area (Å²) in [5.74, 6) is 0.839. The van der Waals surface area contributed by atoms with Gasteiger partial charge >= 0.3 is 0 Å². The van der Waals surface area contributed by atoms with Crippen molar-refractivity contribution in [3.05, 3.63) is 35.4 Å². The zero-order valence-electron chi connectivity index (χ0n) is 13.1. The summed E-state index contributed by atoms with van der Waals surface area (Å²) < 4.78 is 0. The van der Waals surface area contributed by atoms with Crippen molar-refractivity contribution < 1.29 is 0 Å². The minimum atomic E-state index is 0.486. The lowest BCUT2D eigenvalue weighted by Gasteiger charge is -2.51. The normalized spacial score (nSPS) is 26.0. The van der Waals surface area contributed by atoms with Crippen LogP contribution < -0.4 is 5.32 Å². The molecule has 0 saturated carbocycles. The van der Waals surface area contributed by atoms with Crippen LogP contribution in [-0.4, -0.2) is 30.6 Å². The van der Waals surface area contributed by atoms with E-state index < -0.39 is 0 Å². The lowest BCUT2D eigenvalue weighted by Crippen LogP contribution is -2.63. The smallest absolute Gasteiger partial charge is 0.0991 e. The zero-order chi connectivity index (χ0) is 14.9. The molecule has 0 bridgehead atoms. The molecule has 2 heterocycles. The van der Waals surface area contributed by atoms with Crippen molar-refractivity contribution in [1.29, 1.82) is 5.26 Å². The average molecular weight is 283 g/mol. The van der Waals surface area contributed by atoms with Gasteiger partial charge in [-0.05, 0) is 55.0 Å². The molecule has 3 rings (SSSR count). The first-order valence-electron chi connectivity index (χ1n) is 8.03. The van der Waals surface area contributed by atoms with Crippen LogP contribution in [0.2, 0.25) is 0 Å². The number of hydrogen-bond acceptors (Lipinski definition) is 3. The topological polar surface area (TPSA) is 39.1 Å². The van der Waals surface area contributed by atoms with Gasteiger partial charge in [0.05, 0.1) is 11.6 Å². The van der Waals surface area contributed by atoms with Gasteiger partial charge in [0, 0.05) is 19.1 Å². The van der Waals surface area contributed by atoms with Crippen molar-refractivity contribution in [3.63, 3.8) is 0 Å². The quantitative estimate of drug-likeness (QED) is 0.927. The lowest BCUT2D eigenvalue weighted by atomic mass is 9.68. The number of likely N-dealkylation sites (tertiary alicyclic amines) is 1. The second-order valence-corrected chi connectivity index (χ2v) is 7.27. The molecule has 2 aliphatic heterocycles. The van der Waals surface area contributed by atoms with Gasteiger partial charge in [-0.25, -0.2) is 0 Å². The Hall–Kier alpha value is -1.37. The minimum absolute atomic E-state index is 0.486. The number of rotatable bonds is 3. The summed E-state index contributed by atoms with van der Waals surface area (Å²) in [5.41, 5.74) is 2.55. The van der Waals surface area contributed by atoms with E-state index in [9.17, 15) is 0 Å². The summed E-state index contributed by atoms with van der Waals surface area (Å²) in [6.45, 7) is 9.34. The molecule has 2 fully saturated rings. The van der Waals surface area contributed by atoms with Crippen LogP contribution in [0.15, 0.2) is 24.3 Å². The van der Waals surface area contributed by atoms with Crippen molar-refractivity contribution in [3.8, 4) is 6.07 Å². The van der Waals surface area contributed by atoms with E-state index in [1.807, 2.05) is 12.1 Å². The monoisotopic (exact) mass is 283 g/mol. The third kappa shape index (κ3) is 3.12. The maximum absolute atomic E-state index is 8.84. The van der Waals surface area contributed by atoms with E-state index in [0.717, 1.165) is 24.1 Å². The predicted molar refractivity (Wildman–Crippen MR) is 84.7 cm³/mol. The fourth-order valence-electron chi connectivity index (χ4n) is 3.82. The van der Waals surface area contributed by atoms with Crippen LogP contribution in [0, 0.1) is 22.7 Å². The Bertz CT molecular complexity index is 518. The molecule has 1 aromatic rings. The molecular formula is C18H25N3. The lowest BCUT2D eigenvalue weighted by molar-refractivity contribution is 0.0382. The first kappa shape index (κ1) is 14.6. The highest BCUT2D eigenvalue weighted by Gasteiger charge is 2.43. The van der Waals surface area contributed by atoms with Crippen molar-refractivity contribution in [2.45, 2.75) is 39.3 Å². The molecule has 0 aromatic heterocycles. The maximum atomic E-state index is 8.84. The van der Waals surface area contributed by atoms with Crippen molar-refractivity contribution >= 4 is 0 Å². The van der Waals surface area contributed by atoms with E-state index in [4.69, 9.17) is 5.26 Å². The molecule has 21 heavy (non-hydrogen) atoms. The molecule has 3 heteroatoms. The third-order valence-electron chi connectivity index (χ3n) is 5.21. The number of benzene rings is 1. The van der Waals surface area contributed by atoms with Crippen LogP contribution in [0.1, 0.15) is 37.8 Å².